The van der Waals surface area contributed by atoms with Gasteiger partial charge in [-0.25, -0.2) is 4.98 Å². The molecule has 1 aromatic rings. The average Bonchev–Trinajstić information content (AvgIpc) is 2.22. The number of aromatic nitrogens is 2. The van der Waals surface area contributed by atoms with Gasteiger partial charge in [-0.2, -0.15) is 0 Å². The number of rotatable bonds is 0. The lowest BCUT2D eigenvalue weighted by Gasteiger charge is -2.23. The van der Waals surface area contributed by atoms with Crippen LogP contribution in [0.2, 0.25) is 0 Å². The number of imidazole rings is 1. The first-order chi connectivity index (χ1) is 6.55. The number of hydrogen-bond acceptors (Lipinski definition) is 1. The smallest absolute Gasteiger partial charge is 0.114 e. The summed E-state index contributed by atoms with van der Waals surface area (Å²) in [6.07, 6.45) is 0. The van der Waals surface area contributed by atoms with Gasteiger partial charge < -0.3 is 4.57 Å². The molecule has 86 valence electrons. The van der Waals surface area contributed by atoms with Gasteiger partial charge in [-0.3, -0.25) is 0 Å². The second-order valence-corrected chi connectivity index (χ2v) is 6.43. The van der Waals surface area contributed by atoms with Crippen molar-refractivity contribution in [1.82, 2.24) is 9.55 Å². The van der Waals surface area contributed by atoms with Crippen LogP contribution in [0.1, 0.15) is 58.8 Å². The molecule has 0 aliphatic rings. The summed E-state index contributed by atoms with van der Waals surface area (Å²) in [6.45, 7) is 15.5. The predicted molar refractivity (Wildman–Crippen MR) is 65.3 cm³/mol. The number of aryl methyl sites for hydroxylation is 1. The minimum absolute atomic E-state index is 0.114. The van der Waals surface area contributed by atoms with E-state index in [-0.39, 0.29) is 10.8 Å². The molecule has 1 rings (SSSR count). The lowest BCUT2D eigenvalue weighted by molar-refractivity contribution is 0.488. The molecule has 0 atom stereocenters. The van der Waals surface area contributed by atoms with Crippen molar-refractivity contribution in [2.75, 3.05) is 0 Å². The second kappa shape index (κ2) is 3.36. The summed E-state index contributed by atoms with van der Waals surface area (Å²) in [5.41, 5.74) is 2.78. The molecule has 0 radical (unpaired) electrons. The van der Waals surface area contributed by atoms with Crippen molar-refractivity contribution >= 4 is 0 Å². The van der Waals surface area contributed by atoms with Crippen molar-refractivity contribution in [3.63, 3.8) is 0 Å². The molecule has 0 aromatic carbocycles. The van der Waals surface area contributed by atoms with E-state index in [0.29, 0.717) is 0 Å². The molecular formula is C13H24N2. The van der Waals surface area contributed by atoms with Gasteiger partial charge in [0.25, 0.3) is 0 Å². The highest BCUT2D eigenvalue weighted by atomic mass is 15.1. The van der Waals surface area contributed by atoms with E-state index in [1.165, 1.54) is 11.5 Å². The predicted octanol–water partition coefficient (Wildman–Crippen LogP) is 3.32. The van der Waals surface area contributed by atoms with Gasteiger partial charge >= 0.3 is 0 Å². The van der Waals surface area contributed by atoms with E-state index in [9.17, 15) is 0 Å². The summed E-state index contributed by atoms with van der Waals surface area (Å²) in [7, 11) is 2.13. The summed E-state index contributed by atoms with van der Waals surface area (Å²) >= 11 is 0. The van der Waals surface area contributed by atoms with E-state index >= 15 is 0 Å². The molecule has 1 aromatic heterocycles. The number of hydrogen-bond donors (Lipinski definition) is 0. The molecule has 15 heavy (non-hydrogen) atoms. The monoisotopic (exact) mass is 208 g/mol. The molecular weight excluding hydrogens is 184 g/mol. The molecule has 0 N–H and O–H groups in total. The Hall–Kier alpha value is -0.790. The summed E-state index contributed by atoms with van der Waals surface area (Å²) < 4.78 is 2.26. The Morgan fingerprint density at radius 1 is 0.933 bits per heavy atom. The number of nitrogens with zero attached hydrogens (tertiary/aromatic N) is 2. The van der Waals surface area contributed by atoms with E-state index < -0.39 is 0 Å². The van der Waals surface area contributed by atoms with Crippen molar-refractivity contribution in [3.05, 3.63) is 17.2 Å². The fourth-order valence-electron chi connectivity index (χ4n) is 2.35. The van der Waals surface area contributed by atoms with Crippen LogP contribution in [0.5, 0.6) is 0 Å². The molecule has 0 saturated carbocycles. The first-order valence-corrected chi connectivity index (χ1v) is 5.59. The zero-order valence-corrected chi connectivity index (χ0v) is 11.4. The Bertz CT molecular complexity index is 359. The normalized spacial score (nSPS) is 13.3. The first kappa shape index (κ1) is 12.3. The zero-order valence-electron chi connectivity index (χ0n) is 11.4. The third-order valence-electron chi connectivity index (χ3n) is 2.65. The molecule has 0 aliphatic carbocycles. The molecule has 0 aliphatic heterocycles. The van der Waals surface area contributed by atoms with Crippen molar-refractivity contribution < 1.29 is 0 Å². The Morgan fingerprint density at radius 2 is 1.40 bits per heavy atom. The average molecular weight is 208 g/mol. The molecule has 0 spiro atoms. The van der Waals surface area contributed by atoms with Gasteiger partial charge in [0.05, 0.1) is 5.69 Å². The maximum Gasteiger partial charge on any atom is 0.114 e. The Labute approximate surface area is 93.7 Å². The molecule has 0 bridgehead atoms. The van der Waals surface area contributed by atoms with Gasteiger partial charge in [0.2, 0.25) is 0 Å². The Morgan fingerprint density at radius 3 is 1.60 bits per heavy atom. The van der Waals surface area contributed by atoms with Crippen LogP contribution in [0.25, 0.3) is 0 Å². The quantitative estimate of drug-likeness (QED) is 0.639. The van der Waals surface area contributed by atoms with Gasteiger partial charge in [-0.1, -0.05) is 41.5 Å². The van der Waals surface area contributed by atoms with Crippen LogP contribution in [0, 0.1) is 6.92 Å². The minimum Gasteiger partial charge on any atom is -0.334 e. The van der Waals surface area contributed by atoms with Crippen molar-refractivity contribution in [2.45, 2.75) is 59.3 Å². The van der Waals surface area contributed by atoms with Gasteiger partial charge in [0.1, 0.15) is 5.82 Å². The van der Waals surface area contributed by atoms with Gasteiger partial charge in [0, 0.05) is 23.6 Å². The Kier molecular flexibility index (Phi) is 2.75. The van der Waals surface area contributed by atoms with Crippen molar-refractivity contribution in [1.29, 1.82) is 0 Å². The van der Waals surface area contributed by atoms with Gasteiger partial charge in [-0.15, -0.1) is 0 Å². The van der Waals surface area contributed by atoms with E-state index in [1.807, 2.05) is 0 Å². The fourth-order valence-corrected chi connectivity index (χ4v) is 2.35. The van der Waals surface area contributed by atoms with Crippen LogP contribution < -0.4 is 0 Å². The van der Waals surface area contributed by atoms with Crippen molar-refractivity contribution in [3.8, 4) is 0 Å². The summed E-state index contributed by atoms with van der Waals surface area (Å²) in [6, 6.07) is 0. The molecule has 0 saturated heterocycles. The third kappa shape index (κ3) is 2.24. The largest absolute Gasteiger partial charge is 0.334 e. The van der Waals surface area contributed by atoms with Crippen LogP contribution in [0.4, 0.5) is 0 Å². The van der Waals surface area contributed by atoms with Crippen LogP contribution >= 0.6 is 0 Å². The SMILES string of the molecule is Cc1nc(C(C)(C)C)n(C)c1C(C)(C)C. The minimum atomic E-state index is 0.114. The third-order valence-corrected chi connectivity index (χ3v) is 2.65. The van der Waals surface area contributed by atoms with Crippen molar-refractivity contribution in [2.24, 2.45) is 7.05 Å². The highest BCUT2D eigenvalue weighted by Gasteiger charge is 2.27. The highest BCUT2D eigenvalue weighted by Crippen LogP contribution is 2.30. The second-order valence-electron chi connectivity index (χ2n) is 6.43. The van der Waals surface area contributed by atoms with E-state index in [0.717, 1.165) is 5.69 Å². The standard InChI is InChI=1S/C13H24N2/c1-9-10(12(2,3)4)15(8)11(14-9)13(5,6)7/h1-8H3. The summed E-state index contributed by atoms with van der Waals surface area (Å²) in [5.74, 6) is 1.17. The summed E-state index contributed by atoms with van der Waals surface area (Å²) in [4.78, 5) is 4.71. The van der Waals surface area contributed by atoms with Crippen LogP contribution in [-0.4, -0.2) is 9.55 Å². The molecule has 2 nitrogen and oxygen atoms in total. The fraction of sp³-hybridized carbons (Fsp3) is 0.769. The highest BCUT2D eigenvalue weighted by molar-refractivity contribution is 5.25. The molecule has 0 fully saturated rings. The van der Waals surface area contributed by atoms with Crippen LogP contribution in [-0.2, 0) is 17.9 Å². The lowest BCUT2D eigenvalue weighted by atomic mass is 9.90. The summed E-state index contributed by atoms with van der Waals surface area (Å²) in [5, 5.41) is 0. The van der Waals surface area contributed by atoms with E-state index in [2.05, 4.69) is 60.1 Å². The maximum absolute atomic E-state index is 4.71. The molecule has 2 heteroatoms. The zero-order chi connectivity index (χ0) is 12.0. The molecule has 0 unspecified atom stereocenters. The molecule has 1 heterocycles. The topological polar surface area (TPSA) is 17.8 Å². The Balaban J connectivity index is 3.41. The lowest BCUT2D eigenvalue weighted by Crippen LogP contribution is -2.22. The van der Waals surface area contributed by atoms with Crippen LogP contribution in [0.3, 0.4) is 0 Å². The van der Waals surface area contributed by atoms with E-state index in [4.69, 9.17) is 4.98 Å². The van der Waals surface area contributed by atoms with Gasteiger partial charge in [0.15, 0.2) is 0 Å². The van der Waals surface area contributed by atoms with Gasteiger partial charge in [-0.05, 0) is 6.92 Å². The maximum atomic E-state index is 4.71. The first-order valence-electron chi connectivity index (χ1n) is 5.59. The molecule has 0 amide bonds. The van der Waals surface area contributed by atoms with Crippen LogP contribution in [0.15, 0.2) is 0 Å². The van der Waals surface area contributed by atoms with E-state index in [1.54, 1.807) is 0 Å².